The van der Waals surface area contributed by atoms with Gasteiger partial charge in [-0.05, 0) is 36.3 Å². The average Bonchev–Trinajstić information content (AvgIpc) is 2.70. The summed E-state index contributed by atoms with van der Waals surface area (Å²) in [6.07, 6.45) is 1.78. The molecule has 1 aromatic heterocycles. The summed E-state index contributed by atoms with van der Waals surface area (Å²) in [4.78, 5) is 0. The Bertz CT molecular complexity index is 556. The van der Waals surface area contributed by atoms with E-state index in [1.807, 2.05) is 23.7 Å². The van der Waals surface area contributed by atoms with Crippen LogP contribution in [-0.4, -0.2) is 21.4 Å². The largest absolute Gasteiger partial charge is 0.494 e. The van der Waals surface area contributed by atoms with E-state index in [0.717, 1.165) is 31.0 Å². The van der Waals surface area contributed by atoms with Crippen molar-refractivity contribution in [2.75, 3.05) is 6.61 Å². The van der Waals surface area contributed by atoms with Gasteiger partial charge in [0.2, 0.25) is 0 Å². The lowest BCUT2D eigenvalue weighted by Gasteiger charge is -2.05. The van der Waals surface area contributed by atoms with Crippen LogP contribution in [0.3, 0.4) is 0 Å². The predicted octanol–water partition coefficient (Wildman–Crippen LogP) is 2.86. The monoisotopic (exact) mass is 263 g/mol. The fraction of sp³-hybridized carbons (Fsp3) is 0.385. The molecule has 0 aliphatic rings. The van der Waals surface area contributed by atoms with Crippen molar-refractivity contribution >= 4 is 12.2 Å². The first kappa shape index (κ1) is 12.8. The van der Waals surface area contributed by atoms with Crippen molar-refractivity contribution in [2.24, 2.45) is 7.05 Å². The fourth-order valence-corrected chi connectivity index (χ4v) is 1.79. The predicted molar refractivity (Wildman–Crippen MR) is 73.4 cm³/mol. The van der Waals surface area contributed by atoms with E-state index in [0.29, 0.717) is 4.77 Å². The standard InChI is InChI=1S/C13H17N3OS/c1-3-8-17-11-6-4-10(5-7-11)9-12-14-15-13(18)16(12)2/h4-7H,3,8-9H2,1-2H3,(H,15,18). The smallest absolute Gasteiger partial charge is 0.194 e. The molecule has 2 rings (SSSR count). The first-order valence-corrected chi connectivity index (χ1v) is 6.43. The van der Waals surface area contributed by atoms with Crippen LogP contribution in [0.1, 0.15) is 24.7 Å². The second kappa shape index (κ2) is 5.82. The van der Waals surface area contributed by atoms with Crippen LogP contribution in [0.5, 0.6) is 5.75 Å². The average molecular weight is 263 g/mol. The highest BCUT2D eigenvalue weighted by atomic mass is 32.1. The van der Waals surface area contributed by atoms with Gasteiger partial charge < -0.3 is 9.30 Å². The molecule has 2 aromatic rings. The SMILES string of the molecule is CCCOc1ccc(Cc2n[nH]c(=S)n2C)cc1. The van der Waals surface area contributed by atoms with E-state index in [4.69, 9.17) is 17.0 Å². The summed E-state index contributed by atoms with van der Waals surface area (Å²) in [6, 6.07) is 8.10. The van der Waals surface area contributed by atoms with E-state index < -0.39 is 0 Å². The Morgan fingerprint density at radius 3 is 2.61 bits per heavy atom. The van der Waals surface area contributed by atoms with Gasteiger partial charge in [0.25, 0.3) is 0 Å². The third kappa shape index (κ3) is 2.98. The molecule has 0 saturated heterocycles. The maximum atomic E-state index is 5.54. The van der Waals surface area contributed by atoms with Crippen molar-refractivity contribution in [1.82, 2.24) is 14.8 Å². The molecule has 0 amide bonds. The third-order valence-corrected chi connectivity index (χ3v) is 3.10. The molecule has 0 bridgehead atoms. The number of aromatic amines is 1. The van der Waals surface area contributed by atoms with Gasteiger partial charge in [0.1, 0.15) is 11.6 Å². The molecule has 0 spiro atoms. The molecule has 1 aromatic carbocycles. The number of ether oxygens (including phenoxy) is 1. The zero-order chi connectivity index (χ0) is 13.0. The first-order chi connectivity index (χ1) is 8.70. The van der Waals surface area contributed by atoms with Gasteiger partial charge in [-0.3, -0.25) is 5.10 Å². The number of benzene rings is 1. The molecule has 0 aliphatic heterocycles. The van der Waals surface area contributed by atoms with Crippen molar-refractivity contribution in [2.45, 2.75) is 19.8 Å². The Hall–Kier alpha value is -1.62. The van der Waals surface area contributed by atoms with Crippen LogP contribution in [0.2, 0.25) is 0 Å². The van der Waals surface area contributed by atoms with E-state index >= 15 is 0 Å². The summed E-state index contributed by atoms with van der Waals surface area (Å²) in [6.45, 7) is 2.85. The van der Waals surface area contributed by atoms with E-state index in [2.05, 4.69) is 29.3 Å². The van der Waals surface area contributed by atoms with Gasteiger partial charge in [-0.15, -0.1) is 0 Å². The quantitative estimate of drug-likeness (QED) is 0.843. The molecule has 1 N–H and O–H groups in total. The minimum Gasteiger partial charge on any atom is -0.494 e. The minimum absolute atomic E-state index is 0.646. The normalized spacial score (nSPS) is 10.6. The van der Waals surface area contributed by atoms with Crippen molar-refractivity contribution in [1.29, 1.82) is 0 Å². The number of H-pyrrole nitrogens is 1. The topological polar surface area (TPSA) is 42.8 Å². The Morgan fingerprint density at radius 1 is 1.33 bits per heavy atom. The van der Waals surface area contributed by atoms with Gasteiger partial charge in [0.15, 0.2) is 4.77 Å². The van der Waals surface area contributed by atoms with Crippen LogP contribution >= 0.6 is 12.2 Å². The van der Waals surface area contributed by atoms with E-state index in [-0.39, 0.29) is 0 Å². The molecular weight excluding hydrogens is 246 g/mol. The molecule has 5 heteroatoms. The van der Waals surface area contributed by atoms with Crippen molar-refractivity contribution < 1.29 is 4.74 Å². The summed E-state index contributed by atoms with van der Waals surface area (Å²) in [5, 5.41) is 6.98. The number of rotatable bonds is 5. The lowest BCUT2D eigenvalue weighted by Crippen LogP contribution is -1.99. The number of hydrogen-bond donors (Lipinski definition) is 1. The first-order valence-electron chi connectivity index (χ1n) is 6.02. The van der Waals surface area contributed by atoms with Crippen LogP contribution in [0.4, 0.5) is 0 Å². The zero-order valence-electron chi connectivity index (χ0n) is 10.6. The summed E-state index contributed by atoms with van der Waals surface area (Å²) >= 11 is 5.08. The molecule has 0 saturated carbocycles. The number of nitrogens with one attached hydrogen (secondary N) is 1. The molecule has 0 radical (unpaired) electrons. The van der Waals surface area contributed by atoms with Gasteiger partial charge in [0.05, 0.1) is 6.61 Å². The van der Waals surface area contributed by atoms with Crippen molar-refractivity contribution in [3.8, 4) is 5.75 Å². The van der Waals surface area contributed by atoms with Crippen LogP contribution in [0, 0.1) is 4.77 Å². The maximum Gasteiger partial charge on any atom is 0.194 e. The second-order valence-electron chi connectivity index (χ2n) is 4.17. The van der Waals surface area contributed by atoms with Gasteiger partial charge >= 0.3 is 0 Å². The Balaban J connectivity index is 2.06. The highest BCUT2D eigenvalue weighted by Gasteiger charge is 2.03. The molecule has 96 valence electrons. The molecule has 0 unspecified atom stereocenters. The van der Waals surface area contributed by atoms with Crippen molar-refractivity contribution in [3.05, 3.63) is 40.4 Å². The maximum absolute atomic E-state index is 5.54. The summed E-state index contributed by atoms with van der Waals surface area (Å²) in [5.41, 5.74) is 1.19. The minimum atomic E-state index is 0.646. The molecule has 1 heterocycles. The molecule has 4 nitrogen and oxygen atoms in total. The van der Waals surface area contributed by atoms with E-state index in [9.17, 15) is 0 Å². The summed E-state index contributed by atoms with van der Waals surface area (Å²) in [5.74, 6) is 1.85. The molecule has 0 atom stereocenters. The third-order valence-electron chi connectivity index (χ3n) is 2.73. The number of aromatic nitrogens is 3. The van der Waals surface area contributed by atoms with Gasteiger partial charge in [-0.2, -0.15) is 5.10 Å². The number of hydrogen-bond acceptors (Lipinski definition) is 3. The summed E-state index contributed by atoms with van der Waals surface area (Å²) in [7, 11) is 1.92. The molecule has 0 aliphatic carbocycles. The molecular formula is C13H17N3OS. The lowest BCUT2D eigenvalue weighted by atomic mass is 10.1. The Kier molecular flexibility index (Phi) is 4.15. The van der Waals surface area contributed by atoms with Crippen LogP contribution in [0.15, 0.2) is 24.3 Å². The highest BCUT2D eigenvalue weighted by Crippen LogP contribution is 2.14. The van der Waals surface area contributed by atoms with Crippen molar-refractivity contribution in [3.63, 3.8) is 0 Å². The molecule has 18 heavy (non-hydrogen) atoms. The highest BCUT2D eigenvalue weighted by molar-refractivity contribution is 7.71. The van der Waals surface area contributed by atoms with Gasteiger partial charge in [0, 0.05) is 13.5 Å². The van der Waals surface area contributed by atoms with Crippen LogP contribution < -0.4 is 4.74 Å². The zero-order valence-corrected chi connectivity index (χ0v) is 11.5. The van der Waals surface area contributed by atoms with E-state index in [1.54, 1.807) is 0 Å². The molecule has 0 fully saturated rings. The summed E-state index contributed by atoms with van der Waals surface area (Å²) < 4.78 is 8.08. The van der Waals surface area contributed by atoms with Crippen LogP contribution in [0.25, 0.3) is 0 Å². The fourth-order valence-electron chi connectivity index (χ4n) is 1.64. The van der Waals surface area contributed by atoms with Gasteiger partial charge in [-0.25, -0.2) is 0 Å². The van der Waals surface area contributed by atoms with Crippen LogP contribution in [-0.2, 0) is 13.5 Å². The second-order valence-corrected chi connectivity index (χ2v) is 4.56. The Morgan fingerprint density at radius 2 is 2.06 bits per heavy atom. The number of nitrogens with zero attached hydrogens (tertiary/aromatic N) is 2. The van der Waals surface area contributed by atoms with Gasteiger partial charge in [-0.1, -0.05) is 19.1 Å². The Labute approximate surface area is 112 Å². The lowest BCUT2D eigenvalue weighted by molar-refractivity contribution is 0.317. The van der Waals surface area contributed by atoms with E-state index in [1.165, 1.54) is 5.56 Å².